The predicted octanol–water partition coefficient (Wildman–Crippen LogP) is 5.11. The average molecular weight is 385 g/mol. The molecule has 0 fully saturated rings. The van der Waals surface area contributed by atoms with Crippen LogP contribution in [0, 0.1) is 5.82 Å². The van der Waals surface area contributed by atoms with Crippen LogP contribution in [-0.2, 0) is 18.9 Å². The molecule has 0 aliphatic carbocycles. The number of nitrogens with zero attached hydrogens (tertiary/aromatic N) is 1. The second kappa shape index (κ2) is 5.97. The summed E-state index contributed by atoms with van der Waals surface area (Å²) in [5.41, 5.74) is -4.33. The third-order valence-corrected chi connectivity index (χ3v) is 4.26. The molecule has 1 aromatic heterocycles. The monoisotopic (exact) mass is 385 g/mol. The fourth-order valence-electron chi connectivity index (χ4n) is 3.07. The van der Waals surface area contributed by atoms with E-state index in [4.69, 9.17) is 0 Å². The van der Waals surface area contributed by atoms with Crippen molar-refractivity contribution in [1.29, 1.82) is 0 Å². The van der Waals surface area contributed by atoms with E-state index < -0.39 is 47.3 Å². The molecule has 2 unspecified atom stereocenters. The van der Waals surface area contributed by atoms with Gasteiger partial charge in [0.15, 0.2) is 0 Å². The highest BCUT2D eigenvalue weighted by Crippen LogP contribution is 2.44. The van der Waals surface area contributed by atoms with Crippen LogP contribution in [0.5, 0.6) is 0 Å². The maximum absolute atomic E-state index is 13.7. The normalized spacial score (nSPS) is 21.0. The number of benzene rings is 1. The lowest BCUT2D eigenvalue weighted by Gasteiger charge is -2.27. The molecule has 142 valence electrons. The van der Waals surface area contributed by atoms with Crippen molar-refractivity contribution in [3.05, 3.63) is 46.9 Å². The fourth-order valence-corrected chi connectivity index (χ4v) is 3.07. The third-order valence-electron chi connectivity index (χ3n) is 4.26. The van der Waals surface area contributed by atoms with E-state index in [9.17, 15) is 40.2 Å². The van der Waals surface area contributed by atoms with Crippen molar-refractivity contribution in [2.24, 2.45) is 0 Å². The van der Waals surface area contributed by atoms with Gasteiger partial charge in [-0.3, -0.25) is 0 Å². The molecule has 2 heterocycles. The summed E-state index contributed by atoms with van der Waals surface area (Å²) in [5, 5.41) is 9.83. The highest BCUT2D eigenvalue weighted by molar-refractivity contribution is 5.65. The average Bonchev–Trinajstić information content (AvgIpc) is 2.91. The third kappa shape index (κ3) is 3.06. The Kier molecular flexibility index (Phi) is 4.29. The van der Waals surface area contributed by atoms with Crippen LogP contribution in [0.3, 0.4) is 0 Å². The van der Waals surface area contributed by atoms with E-state index in [0.29, 0.717) is 18.2 Å². The van der Waals surface area contributed by atoms with Crippen LogP contribution >= 0.6 is 0 Å². The van der Waals surface area contributed by atoms with E-state index >= 15 is 0 Å². The van der Waals surface area contributed by atoms with Gasteiger partial charge in [0.25, 0.3) is 0 Å². The smallest absolute Gasteiger partial charge is 0.384 e. The van der Waals surface area contributed by atoms with E-state index in [1.54, 1.807) is 0 Å². The lowest BCUT2D eigenvalue weighted by atomic mass is 10.0. The number of hydrogen-bond donors (Lipinski definition) is 1. The van der Waals surface area contributed by atoms with Gasteiger partial charge >= 0.3 is 12.4 Å². The topological polar surface area (TPSA) is 25.2 Å². The molecule has 2 atom stereocenters. The molecule has 1 aromatic carbocycles. The first kappa shape index (κ1) is 18.7. The largest absolute Gasteiger partial charge is 0.419 e. The Hall–Kier alpha value is -2.10. The van der Waals surface area contributed by atoms with E-state index in [-0.39, 0.29) is 24.2 Å². The van der Waals surface area contributed by atoms with Crippen molar-refractivity contribution in [2.75, 3.05) is 0 Å². The van der Waals surface area contributed by atoms with Gasteiger partial charge in [0.2, 0.25) is 0 Å². The van der Waals surface area contributed by atoms with Crippen molar-refractivity contribution in [3.63, 3.8) is 0 Å². The second-order valence-electron chi connectivity index (χ2n) is 5.92. The van der Waals surface area contributed by atoms with Crippen LogP contribution in [0.1, 0.15) is 29.3 Å². The summed E-state index contributed by atoms with van der Waals surface area (Å²) in [6, 6.07) is 2.35. The zero-order valence-electron chi connectivity index (χ0n) is 12.8. The van der Waals surface area contributed by atoms with Gasteiger partial charge in [-0.25, -0.2) is 8.78 Å². The Balaban J connectivity index is 2.23. The summed E-state index contributed by atoms with van der Waals surface area (Å²) in [5.74, 6) is -1.56. The first-order chi connectivity index (χ1) is 11.9. The van der Waals surface area contributed by atoms with E-state index in [2.05, 4.69) is 0 Å². The van der Waals surface area contributed by atoms with Gasteiger partial charge in [0.05, 0.1) is 16.8 Å². The summed E-state index contributed by atoms with van der Waals surface area (Å²) in [6.07, 6.45) is -14.3. The van der Waals surface area contributed by atoms with Crippen LogP contribution in [0.15, 0.2) is 24.3 Å². The Labute approximate surface area is 141 Å². The number of hydrogen-bond acceptors (Lipinski definition) is 1. The summed E-state index contributed by atoms with van der Waals surface area (Å²) in [4.78, 5) is 0. The Morgan fingerprint density at radius 2 is 1.58 bits per heavy atom. The first-order valence-electron chi connectivity index (χ1n) is 7.41. The van der Waals surface area contributed by atoms with E-state index in [1.165, 1.54) is 0 Å². The van der Waals surface area contributed by atoms with Gasteiger partial charge in [-0.05, 0) is 36.2 Å². The van der Waals surface area contributed by atoms with Crippen LogP contribution in [0.2, 0.25) is 0 Å². The predicted molar refractivity (Wildman–Crippen MR) is 74.3 cm³/mol. The second-order valence-corrected chi connectivity index (χ2v) is 5.92. The number of fused-ring (bicyclic) bond motifs is 1. The Morgan fingerprint density at radius 1 is 0.962 bits per heavy atom. The molecule has 10 heteroatoms. The molecule has 2 aromatic rings. The molecule has 0 spiro atoms. The van der Waals surface area contributed by atoms with Crippen LogP contribution in [0.25, 0.3) is 11.3 Å². The zero-order valence-corrected chi connectivity index (χ0v) is 12.8. The molecule has 26 heavy (non-hydrogen) atoms. The number of alkyl halides is 7. The first-order valence-corrected chi connectivity index (χ1v) is 7.41. The molecule has 0 bridgehead atoms. The van der Waals surface area contributed by atoms with Gasteiger partial charge in [-0.1, -0.05) is 0 Å². The van der Waals surface area contributed by atoms with Crippen LogP contribution < -0.4 is 0 Å². The highest BCUT2D eigenvalue weighted by atomic mass is 19.4. The van der Waals surface area contributed by atoms with Crippen LogP contribution in [-0.4, -0.2) is 15.8 Å². The number of aliphatic hydroxyl groups is 1. The molecule has 2 nitrogen and oxygen atoms in total. The summed E-state index contributed by atoms with van der Waals surface area (Å²) >= 11 is 0. The molecule has 0 saturated carbocycles. The molecular weight excluding hydrogens is 374 g/mol. The van der Waals surface area contributed by atoms with Crippen molar-refractivity contribution < 1.29 is 40.2 Å². The number of aromatic nitrogens is 1. The number of halogens is 8. The summed E-state index contributed by atoms with van der Waals surface area (Å²) in [6.45, 7) is -0.266. The molecule has 1 N–H and O–H groups in total. The van der Waals surface area contributed by atoms with E-state index in [1.807, 2.05) is 0 Å². The maximum Gasteiger partial charge on any atom is 0.419 e. The van der Waals surface area contributed by atoms with Crippen molar-refractivity contribution >= 4 is 0 Å². The maximum atomic E-state index is 13.7. The lowest BCUT2D eigenvalue weighted by Crippen LogP contribution is -2.28. The SMILES string of the molecule is OC1c2c(C(F)(F)F)cc(-c3ccc(F)c(C(F)(F)F)c3)n2CCC1F. The van der Waals surface area contributed by atoms with Crippen molar-refractivity contribution in [1.82, 2.24) is 4.57 Å². The number of aliphatic hydroxyl groups excluding tert-OH is 1. The minimum atomic E-state index is -5.03. The van der Waals surface area contributed by atoms with Gasteiger partial charge in [-0.2, -0.15) is 26.3 Å². The van der Waals surface area contributed by atoms with Gasteiger partial charge in [-0.15, -0.1) is 0 Å². The molecular formula is C16H11F8NO. The summed E-state index contributed by atoms with van der Waals surface area (Å²) in [7, 11) is 0. The van der Waals surface area contributed by atoms with Crippen LogP contribution in [0.4, 0.5) is 35.1 Å². The van der Waals surface area contributed by atoms with E-state index in [0.717, 1.165) is 10.6 Å². The molecule has 3 rings (SSSR count). The molecule has 1 aliphatic rings. The molecule has 0 radical (unpaired) electrons. The highest BCUT2D eigenvalue weighted by Gasteiger charge is 2.43. The molecule has 1 aliphatic heterocycles. The fraction of sp³-hybridized carbons (Fsp3) is 0.375. The minimum absolute atomic E-state index is 0.266. The van der Waals surface area contributed by atoms with Gasteiger partial charge in [0.1, 0.15) is 18.1 Å². The lowest BCUT2D eigenvalue weighted by molar-refractivity contribution is -0.140. The standard InChI is InChI=1S/C16H11F8NO/c17-10-2-1-7(5-8(10)15(19,20)21)12-6-9(16(22,23)24)13-14(26)11(18)3-4-25(12)13/h1-2,5-6,11,14,26H,3-4H2. The number of rotatable bonds is 1. The zero-order chi connectivity index (χ0) is 19.4. The van der Waals surface area contributed by atoms with Gasteiger partial charge in [0, 0.05) is 12.2 Å². The summed E-state index contributed by atoms with van der Waals surface area (Å²) < 4.78 is 106. The quantitative estimate of drug-likeness (QED) is 0.679. The molecule has 0 saturated heterocycles. The van der Waals surface area contributed by atoms with Crippen molar-refractivity contribution in [2.45, 2.75) is 37.6 Å². The minimum Gasteiger partial charge on any atom is -0.384 e. The Morgan fingerprint density at radius 3 is 2.15 bits per heavy atom. The van der Waals surface area contributed by atoms with Gasteiger partial charge < -0.3 is 9.67 Å². The Bertz CT molecular complexity index is 836. The molecule has 0 amide bonds. The van der Waals surface area contributed by atoms with Crippen molar-refractivity contribution in [3.8, 4) is 11.3 Å².